The highest BCUT2D eigenvalue weighted by Gasteiger charge is 2.09. The van der Waals surface area contributed by atoms with E-state index in [1.165, 1.54) is 0 Å². The molecule has 0 saturated carbocycles. The lowest BCUT2D eigenvalue weighted by molar-refractivity contribution is 0.211. The van der Waals surface area contributed by atoms with Gasteiger partial charge in [0.1, 0.15) is 6.61 Å². The lowest BCUT2D eigenvalue weighted by Gasteiger charge is -2.10. The van der Waals surface area contributed by atoms with Crippen molar-refractivity contribution in [2.75, 3.05) is 30.9 Å². The summed E-state index contributed by atoms with van der Waals surface area (Å²) in [6.07, 6.45) is -0.529. The van der Waals surface area contributed by atoms with E-state index in [-0.39, 0.29) is 5.88 Å². The van der Waals surface area contributed by atoms with Crippen LogP contribution in [0, 0.1) is 0 Å². The van der Waals surface area contributed by atoms with Crippen molar-refractivity contribution in [3.05, 3.63) is 29.8 Å². The van der Waals surface area contributed by atoms with Crippen molar-refractivity contribution in [2.45, 2.75) is 6.10 Å². The Labute approximate surface area is 105 Å². The van der Waals surface area contributed by atoms with Crippen LogP contribution in [-0.2, 0) is 4.74 Å². The van der Waals surface area contributed by atoms with Crippen molar-refractivity contribution in [1.29, 1.82) is 0 Å². The minimum absolute atomic E-state index is 0.232. The van der Waals surface area contributed by atoms with Crippen LogP contribution in [0.15, 0.2) is 29.3 Å². The predicted molar refractivity (Wildman–Crippen MR) is 69.0 cm³/mol. The minimum Gasteiger partial charge on any atom is -0.476 e. The molecule has 5 heteroatoms. The fourth-order valence-electron chi connectivity index (χ4n) is 1.53. The Hall–Kier alpha value is -1.26. The van der Waals surface area contributed by atoms with Crippen LogP contribution in [0.2, 0.25) is 0 Å². The molecule has 1 atom stereocenters. The number of aliphatic hydroxyl groups excluding tert-OH is 1. The molecule has 92 valence electrons. The Balaban J connectivity index is 1.93. The zero-order chi connectivity index (χ0) is 12.1. The summed E-state index contributed by atoms with van der Waals surface area (Å²) in [5, 5.41) is 12.4. The lowest BCUT2D eigenvalue weighted by Crippen LogP contribution is -2.20. The van der Waals surface area contributed by atoms with Crippen molar-refractivity contribution >= 4 is 23.2 Å². The Kier molecular flexibility index (Phi) is 4.23. The quantitative estimate of drug-likeness (QED) is 0.783. The highest BCUT2D eigenvalue weighted by Crippen LogP contribution is 2.13. The van der Waals surface area contributed by atoms with E-state index in [0.29, 0.717) is 19.0 Å². The molecule has 17 heavy (non-hydrogen) atoms. The molecule has 1 aliphatic heterocycles. The second kappa shape index (κ2) is 5.89. The maximum atomic E-state index is 9.31. The number of rotatable bonds is 5. The number of aliphatic imine (C=N–C) groups is 1. The van der Waals surface area contributed by atoms with Crippen LogP contribution in [0.25, 0.3) is 0 Å². The maximum absolute atomic E-state index is 9.31. The molecule has 2 N–H and O–H groups in total. The Bertz CT molecular complexity index is 392. The second-order valence-corrected chi connectivity index (χ2v) is 4.11. The topological polar surface area (TPSA) is 53.8 Å². The summed E-state index contributed by atoms with van der Waals surface area (Å²) < 4.78 is 5.37. The second-order valence-electron chi connectivity index (χ2n) is 3.80. The fourth-order valence-corrected chi connectivity index (χ4v) is 1.64. The standard InChI is InChI=1S/C12H15ClN2O2/c13-7-11(16)8-15-10-3-1-9(2-4-10)12-14-5-6-17-12/h1-4,11,15-16H,5-8H2. The van der Waals surface area contributed by atoms with E-state index >= 15 is 0 Å². The Morgan fingerprint density at radius 3 is 2.76 bits per heavy atom. The van der Waals surface area contributed by atoms with Crippen LogP contribution in [-0.4, -0.2) is 42.7 Å². The number of anilines is 1. The monoisotopic (exact) mass is 254 g/mol. The van der Waals surface area contributed by atoms with E-state index in [0.717, 1.165) is 17.8 Å². The van der Waals surface area contributed by atoms with Gasteiger partial charge in [0.25, 0.3) is 0 Å². The van der Waals surface area contributed by atoms with Crippen molar-refractivity contribution in [3.8, 4) is 0 Å². The number of alkyl halides is 1. The van der Waals surface area contributed by atoms with Gasteiger partial charge in [0.05, 0.1) is 18.5 Å². The summed E-state index contributed by atoms with van der Waals surface area (Å²) >= 11 is 5.51. The van der Waals surface area contributed by atoms with Gasteiger partial charge in [-0.05, 0) is 24.3 Å². The molecule has 1 unspecified atom stereocenters. The van der Waals surface area contributed by atoms with Crippen LogP contribution in [0.1, 0.15) is 5.56 Å². The third-order valence-corrected chi connectivity index (χ3v) is 2.79. The fraction of sp³-hybridized carbons (Fsp3) is 0.417. The molecular weight excluding hydrogens is 240 g/mol. The first-order valence-corrected chi connectivity index (χ1v) is 6.08. The summed E-state index contributed by atoms with van der Waals surface area (Å²) in [5.74, 6) is 0.938. The van der Waals surface area contributed by atoms with Gasteiger partial charge in [0.2, 0.25) is 5.90 Å². The van der Waals surface area contributed by atoms with E-state index < -0.39 is 6.10 Å². The summed E-state index contributed by atoms with van der Waals surface area (Å²) in [5.41, 5.74) is 1.92. The molecule has 0 amide bonds. The Morgan fingerprint density at radius 1 is 1.41 bits per heavy atom. The maximum Gasteiger partial charge on any atom is 0.216 e. The molecular formula is C12H15ClN2O2. The molecule has 0 bridgehead atoms. The van der Waals surface area contributed by atoms with Gasteiger partial charge in [-0.1, -0.05) is 0 Å². The van der Waals surface area contributed by atoms with Crippen LogP contribution < -0.4 is 5.32 Å². The first kappa shape index (κ1) is 12.2. The van der Waals surface area contributed by atoms with Gasteiger partial charge in [0, 0.05) is 17.8 Å². The van der Waals surface area contributed by atoms with E-state index in [1.54, 1.807) is 0 Å². The zero-order valence-corrected chi connectivity index (χ0v) is 10.2. The van der Waals surface area contributed by atoms with Crippen LogP contribution >= 0.6 is 11.6 Å². The molecule has 2 rings (SSSR count). The number of ether oxygens (including phenoxy) is 1. The predicted octanol–water partition coefficient (Wildman–Crippen LogP) is 1.47. The van der Waals surface area contributed by atoms with Crippen molar-refractivity contribution in [3.63, 3.8) is 0 Å². The van der Waals surface area contributed by atoms with Gasteiger partial charge in [0.15, 0.2) is 0 Å². The number of nitrogens with zero attached hydrogens (tertiary/aromatic N) is 1. The molecule has 0 saturated heterocycles. The number of hydrogen-bond acceptors (Lipinski definition) is 4. The van der Waals surface area contributed by atoms with E-state index in [1.807, 2.05) is 24.3 Å². The molecule has 1 heterocycles. The summed E-state index contributed by atoms with van der Waals surface area (Å²) in [6.45, 7) is 1.84. The molecule has 0 spiro atoms. The first-order chi connectivity index (χ1) is 8.29. The minimum atomic E-state index is -0.529. The third-order valence-electron chi connectivity index (χ3n) is 2.44. The SMILES string of the molecule is OC(CCl)CNc1ccc(C2=NCCO2)cc1. The number of hydrogen-bond donors (Lipinski definition) is 2. The smallest absolute Gasteiger partial charge is 0.216 e. The van der Waals surface area contributed by atoms with Gasteiger partial charge in [-0.2, -0.15) is 0 Å². The summed E-state index contributed by atoms with van der Waals surface area (Å²) in [7, 11) is 0. The zero-order valence-electron chi connectivity index (χ0n) is 9.40. The molecule has 0 radical (unpaired) electrons. The number of aliphatic hydroxyl groups is 1. The van der Waals surface area contributed by atoms with Crippen LogP contribution in [0.4, 0.5) is 5.69 Å². The molecule has 0 aliphatic carbocycles. The van der Waals surface area contributed by atoms with Gasteiger partial charge >= 0.3 is 0 Å². The summed E-state index contributed by atoms with van der Waals surface area (Å²) in [4.78, 5) is 4.24. The Morgan fingerprint density at radius 2 is 2.18 bits per heavy atom. The molecule has 1 aliphatic rings. The molecule has 0 fully saturated rings. The largest absolute Gasteiger partial charge is 0.476 e. The normalized spacial score (nSPS) is 16.2. The van der Waals surface area contributed by atoms with Gasteiger partial charge < -0.3 is 15.2 Å². The van der Waals surface area contributed by atoms with E-state index in [2.05, 4.69) is 10.3 Å². The van der Waals surface area contributed by atoms with E-state index in [9.17, 15) is 5.11 Å². The molecule has 1 aromatic carbocycles. The average molecular weight is 255 g/mol. The average Bonchev–Trinajstić information content (AvgIpc) is 2.90. The first-order valence-electron chi connectivity index (χ1n) is 5.55. The highest BCUT2D eigenvalue weighted by atomic mass is 35.5. The van der Waals surface area contributed by atoms with Crippen molar-refractivity contribution < 1.29 is 9.84 Å². The van der Waals surface area contributed by atoms with E-state index in [4.69, 9.17) is 16.3 Å². The van der Waals surface area contributed by atoms with Crippen molar-refractivity contribution in [1.82, 2.24) is 0 Å². The molecule has 4 nitrogen and oxygen atoms in total. The van der Waals surface area contributed by atoms with Gasteiger partial charge in [-0.15, -0.1) is 11.6 Å². The van der Waals surface area contributed by atoms with Gasteiger partial charge in [-0.3, -0.25) is 0 Å². The lowest BCUT2D eigenvalue weighted by atomic mass is 10.2. The molecule has 0 aromatic heterocycles. The third kappa shape index (κ3) is 3.35. The number of halogens is 1. The molecule has 1 aromatic rings. The van der Waals surface area contributed by atoms with Crippen molar-refractivity contribution in [2.24, 2.45) is 4.99 Å². The summed E-state index contributed by atoms with van der Waals surface area (Å²) in [6, 6.07) is 7.75. The number of benzene rings is 1. The highest BCUT2D eigenvalue weighted by molar-refractivity contribution is 6.18. The number of nitrogens with one attached hydrogen (secondary N) is 1. The van der Waals surface area contributed by atoms with Crippen LogP contribution in [0.3, 0.4) is 0 Å². The van der Waals surface area contributed by atoms with Crippen LogP contribution in [0.5, 0.6) is 0 Å². The van der Waals surface area contributed by atoms with Gasteiger partial charge in [-0.25, -0.2) is 4.99 Å².